The molecule has 0 saturated heterocycles. The minimum absolute atomic E-state index is 0.142. The van der Waals surface area contributed by atoms with Crippen LogP contribution in [-0.2, 0) is 14.3 Å². The van der Waals surface area contributed by atoms with Gasteiger partial charge in [-0.25, -0.2) is 9.59 Å². The minimum Gasteiger partial charge on any atom is -0.497 e. The average Bonchev–Trinajstić information content (AvgIpc) is 2.54. The predicted molar refractivity (Wildman–Crippen MR) is 92.3 cm³/mol. The van der Waals surface area contributed by atoms with Gasteiger partial charge in [-0.05, 0) is 45.0 Å². The van der Waals surface area contributed by atoms with E-state index < -0.39 is 11.9 Å². The second-order valence-electron chi connectivity index (χ2n) is 5.92. The van der Waals surface area contributed by atoms with Crippen molar-refractivity contribution in [2.45, 2.75) is 26.3 Å². The summed E-state index contributed by atoms with van der Waals surface area (Å²) < 4.78 is 16.1. The van der Waals surface area contributed by atoms with Gasteiger partial charge in [-0.3, -0.25) is 0 Å². The van der Waals surface area contributed by atoms with Crippen LogP contribution in [0.5, 0.6) is 11.5 Å². The van der Waals surface area contributed by atoms with Gasteiger partial charge in [0.1, 0.15) is 18.1 Å². The smallest absolute Gasteiger partial charge is 0.414 e. The third-order valence-corrected chi connectivity index (χ3v) is 2.64. The normalized spacial score (nSPS) is 10.4. The molecule has 0 aliphatic rings. The average molecular weight is 357 g/mol. The number of methoxy groups -OCH3 is 1. The highest BCUT2D eigenvalue weighted by Crippen LogP contribution is 2.16. The Bertz CT molecular complexity index is 497. The summed E-state index contributed by atoms with van der Waals surface area (Å²) >= 11 is 0. The minimum atomic E-state index is -1.82. The van der Waals surface area contributed by atoms with E-state index in [9.17, 15) is 0 Å². The number of hydrogen-bond donors (Lipinski definition) is 3. The van der Waals surface area contributed by atoms with Crippen molar-refractivity contribution in [1.82, 2.24) is 5.32 Å². The summed E-state index contributed by atoms with van der Waals surface area (Å²) in [5.41, 5.74) is 0.142. The fourth-order valence-electron chi connectivity index (χ4n) is 1.49. The predicted octanol–water partition coefficient (Wildman–Crippen LogP) is 1.63. The Morgan fingerprint density at radius 2 is 1.48 bits per heavy atom. The van der Waals surface area contributed by atoms with Crippen molar-refractivity contribution in [1.29, 1.82) is 0 Å². The van der Waals surface area contributed by atoms with E-state index in [1.165, 1.54) is 0 Å². The lowest BCUT2D eigenvalue weighted by atomic mass is 10.1. The summed E-state index contributed by atoms with van der Waals surface area (Å²) in [6.07, 6.45) is 0. The first kappa shape index (κ1) is 22.7. The summed E-state index contributed by atoms with van der Waals surface area (Å²) in [5, 5.41) is 18.1. The first-order chi connectivity index (χ1) is 11.7. The maximum Gasteiger partial charge on any atom is 0.414 e. The maximum absolute atomic E-state index is 9.10. The zero-order chi connectivity index (χ0) is 19.3. The third-order valence-electron chi connectivity index (χ3n) is 2.64. The van der Waals surface area contributed by atoms with Crippen LogP contribution in [-0.4, -0.2) is 61.2 Å². The van der Waals surface area contributed by atoms with Crippen LogP contribution in [0, 0.1) is 0 Å². The molecule has 0 heterocycles. The topological polar surface area (TPSA) is 114 Å². The van der Waals surface area contributed by atoms with Gasteiger partial charge < -0.3 is 29.7 Å². The Labute approximate surface area is 147 Å². The maximum atomic E-state index is 9.10. The molecular weight excluding hydrogens is 330 g/mol. The van der Waals surface area contributed by atoms with Gasteiger partial charge in [-0.2, -0.15) is 0 Å². The van der Waals surface area contributed by atoms with Gasteiger partial charge in [-0.15, -0.1) is 0 Å². The van der Waals surface area contributed by atoms with Crippen LogP contribution in [0.4, 0.5) is 0 Å². The molecule has 0 fully saturated rings. The Balaban J connectivity index is 0.000000823. The lowest BCUT2D eigenvalue weighted by Gasteiger charge is -2.20. The number of ether oxygens (including phenoxy) is 3. The molecule has 0 aliphatic heterocycles. The largest absolute Gasteiger partial charge is 0.497 e. The molecule has 25 heavy (non-hydrogen) atoms. The lowest BCUT2D eigenvalue weighted by Crippen LogP contribution is -2.38. The molecule has 0 unspecified atom stereocenters. The van der Waals surface area contributed by atoms with E-state index in [2.05, 4.69) is 26.1 Å². The van der Waals surface area contributed by atoms with E-state index >= 15 is 0 Å². The number of rotatable bonds is 8. The van der Waals surface area contributed by atoms with Crippen molar-refractivity contribution in [3.05, 3.63) is 24.3 Å². The third kappa shape index (κ3) is 13.8. The van der Waals surface area contributed by atoms with Gasteiger partial charge in [0.05, 0.1) is 20.3 Å². The highest BCUT2D eigenvalue weighted by atomic mass is 16.5. The van der Waals surface area contributed by atoms with Crippen LogP contribution < -0.4 is 14.8 Å². The van der Waals surface area contributed by atoms with E-state index in [-0.39, 0.29) is 5.54 Å². The highest BCUT2D eigenvalue weighted by Gasteiger charge is 2.07. The van der Waals surface area contributed by atoms with Crippen LogP contribution in [0.2, 0.25) is 0 Å². The zero-order valence-corrected chi connectivity index (χ0v) is 15.1. The number of carboxylic acids is 2. The van der Waals surface area contributed by atoms with Crippen molar-refractivity contribution in [2.75, 3.05) is 33.5 Å². The monoisotopic (exact) mass is 357 g/mol. The molecule has 1 rings (SSSR count). The van der Waals surface area contributed by atoms with Crippen molar-refractivity contribution in [3.8, 4) is 11.5 Å². The molecule has 0 aromatic heterocycles. The number of carboxylic acid groups (broad SMARTS) is 2. The summed E-state index contributed by atoms with van der Waals surface area (Å²) in [5.74, 6) is -1.99. The van der Waals surface area contributed by atoms with Crippen molar-refractivity contribution in [3.63, 3.8) is 0 Å². The molecule has 0 amide bonds. The molecule has 0 spiro atoms. The van der Waals surface area contributed by atoms with Gasteiger partial charge in [-0.1, -0.05) is 0 Å². The Kier molecular flexibility index (Phi) is 11.0. The van der Waals surface area contributed by atoms with Gasteiger partial charge >= 0.3 is 11.9 Å². The van der Waals surface area contributed by atoms with E-state index in [0.717, 1.165) is 18.0 Å². The highest BCUT2D eigenvalue weighted by molar-refractivity contribution is 6.27. The van der Waals surface area contributed by atoms with Crippen LogP contribution in [0.3, 0.4) is 0 Å². The zero-order valence-electron chi connectivity index (χ0n) is 15.1. The lowest BCUT2D eigenvalue weighted by molar-refractivity contribution is -0.159. The van der Waals surface area contributed by atoms with Gasteiger partial charge in [0.2, 0.25) is 0 Å². The van der Waals surface area contributed by atoms with Crippen LogP contribution in [0.25, 0.3) is 0 Å². The van der Waals surface area contributed by atoms with Gasteiger partial charge in [0.15, 0.2) is 0 Å². The molecule has 0 atom stereocenters. The second-order valence-corrected chi connectivity index (χ2v) is 5.92. The molecule has 1 aromatic rings. The van der Waals surface area contributed by atoms with E-state index in [4.69, 9.17) is 34.0 Å². The number of hydrogen-bond acceptors (Lipinski definition) is 6. The Hall–Kier alpha value is -2.32. The van der Waals surface area contributed by atoms with Crippen molar-refractivity contribution >= 4 is 11.9 Å². The molecule has 1 aromatic carbocycles. The molecule has 3 N–H and O–H groups in total. The quantitative estimate of drug-likeness (QED) is 0.475. The van der Waals surface area contributed by atoms with Crippen LogP contribution in [0.1, 0.15) is 20.8 Å². The van der Waals surface area contributed by atoms with Crippen molar-refractivity contribution < 1.29 is 34.0 Å². The molecule has 142 valence electrons. The summed E-state index contributed by atoms with van der Waals surface area (Å²) in [4.78, 5) is 18.2. The van der Waals surface area contributed by atoms with Gasteiger partial charge in [0.25, 0.3) is 0 Å². The first-order valence-corrected chi connectivity index (χ1v) is 7.71. The molecule has 0 saturated carbocycles. The fraction of sp³-hybridized carbons (Fsp3) is 0.529. The first-order valence-electron chi connectivity index (χ1n) is 7.71. The van der Waals surface area contributed by atoms with Crippen LogP contribution in [0.15, 0.2) is 24.3 Å². The van der Waals surface area contributed by atoms with E-state index in [1.54, 1.807) is 7.11 Å². The van der Waals surface area contributed by atoms with E-state index in [0.29, 0.717) is 19.8 Å². The number of benzene rings is 1. The summed E-state index contributed by atoms with van der Waals surface area (Å²) in [6.45, 7) is 9.12. The molecule has 0 radical (unpaired) electrons. The van der Waals surface area contributed by atoms with E-state index in [1.807, 2.05) is 24.3 Å². The molecule has 8 heteroatoms. The van der Waals surface area contributed by atoms with Crippen molar-refractivity contribution in [2.24, 2.45) is 0 Å². The molecule has 0 aliphatic carbocycles. The van der Waals surface area contributed by atoms with Gasteiger partial charge in [0, 0.05) is 12.1 Å². The number of carbonyl (C=O) groups is 2. The Morgan fingerprint density at radius 3 is 1.92 bits per heavy atom. The molecule has 0 bridgehead atoms. The summed E-state index contributed by atoms with van der Waals surface area (Å²) in [7, 11) is 1.65. The number of aliphatic carboxylic acids is 2. The molecular formula is C17H27NO7. The van der Waals surface area contributed by atoms with Crippen LogP contribution >= 0.6 is 0 Å². The standard InChI is InChI=1S/C15H25NO3.C2H2O4/c1-15(2,3)16-9-10-18-11-12-19-14-7-5-13(17-4)6-8-14;3-1(4)2(5)6/h5-8,16H,9-12H2,1-4H3;(H,3,4)(H,5,6). The Morgan fingerprint density at radius 1 is 0.960 bits per heavy atom. The number of nitrogens with one attached hydrogen (secondary N) is 1. The SMILES string of the molecule is COc1ccc(OCCOCCNC(C)(C)C)cc1.O=C(O)C(=O)O. The fourth-order valence-corrected chi connectivity index (χ4v) is 1.49. The second kappa shape index (κ2) is 12.1. The molecule has 8 nitrogen and oxygen atoms in total. The summed E-state index contributed by atoms with van der Waals surface area (Å²) in [6, 6.07) is 7.53.